The number of hydrogen-bond donors (Lipinski definition) is 1. The van der Waals surface area contributed by atoms with Crippen LogP contribution < -0.4 is 5.32 Å². The predicted octanol–water partition coefficient (Wildman–Crippen LogP) is 4.08. The molecule has 1 N–H and O–H groups in total. The van der Waals surface area contributed by atoms with Gasteiger partial charge in [0.2, 0.25) is 0 Å². The third kappa shape index (κ3) is 5.26. The molecule has 0 bridgehead atoms. The van der Waals surface area contributed by atoms with Crippen LogP contribution >= 0.6 is 24.8 Å². The largest absolute Gasteiger partial charge is 0.329 e. The predicted molar refractivity (Wildman–Crippen MR) is 128 cm³/mol. The third-order valence-electron chi connectivity index (χ3n) is 5.50. The fourth-order valence-electron chi connectivity index (χ4n) is 3.89. The minimum absolute atomic E-state index is 0. The normalized spacial score (nSPS) is 15.7. The molecule has 4 rings (SSSR count). The maximum absolute atomic E-state index is 13.3. The van der Waals surface area contributed by atoms with Crippen molar-refractivity contribution in [2.45, 2.75) is 33.2 Å². The lowest BCUT2D eigenvalue weighted by Gasteiger charge is -2.36. The smallest absolute Gasteiger partial charge is 0.256 e. The van der Waals surface area contributed by atoms with Gasteiger partial charge in [-0.25, -0.2) is 9.67 Å². The van der Waals surface area contributed by atoms with Crippen LogP contribution in [-0.4, -0.2) is 45.2 Å². The highest BCUT2D eigenvalue weighted by atomic mass is 35.5. The number of hydrogen-bond acceptors (Lipinski definition) is 4. The fraction of sp³-hybridized carbons (Fsp3) is 0.348. The van der Waals surface area contributed by atoms with Gasteiger partial charge in [-0.1, -0.05) is 31.2 Å². The van der Waals surface area contributed by atoms with Crippen molar-refractivity contribution in [3.8, 4) is 5.82 Å². The molecule has 3 heterocycles. The van der Waals surface area contributed by atoms with Crippen molar-refractivity contribution in [1.29, 1.82) is 0 Å². The van der Waals surface area contributed by atoms with E-state index < -0.39 is 0 Å². The van der Waals surface area contributed by atoms with Gasteiger partial charge in [0.25, 0.3) is 5.91 Å². The average molecular weight is 462 g/mol. The Morgan fingerprint density at radius 1 is 1.13 bits per heavy atom. The molecule has 1 atom stereocenters. The second-order valence-corrected chi connectivity index (χ2v) is 7.56. The Kier molecular flexibility index (Phi) is 8.62. The highest BCUT2D eigenvalue weighted by Gasteiger charge is 2.28. The summed E-state index contributed by atoms with van der Waals surface area (Å²) >= 11 is 0. The van der Waals surface area contributed by atoms with Gasteiger partial charge in [0.1, 0.15) is 0 Å². The SMILES string of the molecule is CCc1ccc(C2CNCCN2C(=O)c2ccc(-n3nc(C)cc3C)nc2)cc1.Cl.Cl. The summed E-state index contributed by atoms with van der Waals surface area (Å²) in [6, 6.07) is 14.3. The zero-order valence-corrected chi connectivity index (χ0v) is 19.7. The summed E-state index contributed by atoms with van der Waals surface area (Å²) < 4.78 is 1.80. The number of nitrogens with zero attached hydrogens (tertiary/aromatic N) is 4. The number of aromatic nitrogens is 3. The molecule has 0 saturated carbocycles. The Hall–Kier alpha value is -2.41. The summed E-state index contributed by atoms with van der Waals surface area (Å²) in [7, 11) is 0. The summed E-state index contributed by atoms with van der Waals surface area (Å²) in [6.45, 7) is 8.34. The molecular formula is C23H29Cl2N5O. The van der Waals surface area contributed by atoms with Gasteiger partial charge in [0.15, 0.2) is 5.82 Å². The fourth-order valence-corrected chi connectivity index (χ4v) is 3.89. The van der Waals surface area contributed by atoms with E-state index in [4.69, 9.17) is 0 Å². The highest BCUT2D eigenvalue weighted by molar-refractivity contribution is 5.94. The van der Waals surface area contributed by atoms with Gasteiger partial charge in [0, 0.05) is 31.5 Å². The third-order valence-corrected chi connectivity index (χ3v) is 5.50. The Balaban J connectivity index is 0.00000171. The van der Waals surface area contributed by atoms with E-state index in [0.29, 0.717) is 12.1 Å². The molecule has 1 unspecified atom stereocenters. The van der Waals surface area contributed by atoms with E-state index in [1.165, 1.54) is 5.56 Å². The van der Waals surface area contributed by atoms with Crippen LogP contribution in [0.4, 0.5) is 0 Å². The Morgan fingerprint density at radius 3 is 2.45 bits per heavy atom. The first-order valence-electron chi connectivity index (χ1n) is 10.2. The molecule has 1 aromatic carbocycles. The van der Waals surface area contributed by atoms with Crippen LogP contribution in [0.1, 0.15) is 45.8 Å². The van der Waals surface area contributed by atoms with Gasteiger partial charge in [0.05, 0.1) is 17.3 Å². The van der Waals surface area contributed by atoms with Gasteiger partial charge < -0.3 is 10.2 Å². The number of amides is 1. The lowest BCUT2D eigenvalue weighted by Crippen LogP contribution is -2.48. The number of aryl methyl sites for hydroxylation is 3. The van der Waals surface area contributed by atoms with Crippen LogP contribution in [0.25, 0.3) is 5.82 Å². The maximum atomic E-state index is 13.3. The van der Waals surface area contributed by atoms with Gasteiger partial charge >= 0.3 is 0 Å². The van der Waals surface area contributed by atoms with E-state index >= 15 is 0 Å². The molecule has 3 aromatic rings. The standard InChI is InChI=1S/C23H27N5O.2ClH/c1-4-18-5-7-19(8-6-18)21-15-24-11-12-27(21)23(29)20-9-10-22(25-14-20)28-17(3)13-16(2)26-28;;/h5-10,13-14,21,24H,4,11-12,15H2,1-3H3;2*1H. The summed E-state index contributed by atoms with van der Waals surface area (Å²) in [4.78, 5) is 19.7. The monoisotopic (exact) mass is 461 g/mol. The Morgan fingerprint density at radius 2 is 1.87 bits per heavy atom. The van der Waals surface area contributed by atoms with Crippen LogP contribution in [0.2, 0.25) is 0 Å². The molecule has 0 spiro atoms. The summed E-state index contributed by atoms with van der Waals surface area (Å²) in [6.07, 6.45) is 2.67. The second-order valence-electron chi connectivity index (χ2n) is 7.56. The number of benzene rings is 1. The first-order valence-corrected chi connectivity index (χ1v) is 10.2. The minimum atomic E-state index is 0. The van der Waals surface area contributed by atoms with E-state index in [9.17, 15) is 4.79 Å². The number of halogens is 2. The van der Waals surface area contributed by atoms with Crippen molar-refractivity contribution in [3.63, 3.8) is 0 Å². The lowest BCUT2D eigenvalue weighted by molar-refractivity contribution is 0.0634. The van der Waals surface area contributed by atoms with Crippen molar-refractivity contribution in [2.75, 3.05) is 19.6 Å². The van der Waals surface area contributed by atoms with Crippen molar-refractivity contribution in [1.82, 2.24) is 25.0 Å². The quantitative estimate of drug-likeness (QED) is 0.635. The van der Waals surface area contributed by atoms with Gasteiger partial charge in [-0.3, -0.25) is 4.79 Å². The summed E-state index contributed by atoms with van der Waals surface area (Å²) in [5.41, 5.74) is 5.04. The molecular weight excluding hydrogens is 433 g/mol. The molecule has 1 amide bonds. The van der Waals surface area contributed by atoms with Crippen LogP contribution in [0.15, 0.2) is 48.7 Å². The molecule has 1 aliphatic rings. The van der Waals surface area contributed by atoms with Crippen molar-refractivity contribution in [3.05, 3.63) is 76.7 Å². The zero-order valence-electron chi connectivity index (χ0n) is 18.0. The number of piperazine rings is 1. The molecule has 0 aliphatic carbocycles. The van der Waals surface area contributed by atoms with E-state index in [1.807, 2.05) is 36.9 Å². The van der Waals surface area contributed by atoms with Crippen LogP contribution in [0, 0.1) is 13.8 Å². The van der Waals surface area contributed by atoms with Crippen LogP contribution in [0.3, 0.4) is 0 Å². The molecule has 2 aromatic heterocycles. The zero-order chi connectivity index (χ0) is 20.4. The van der Waals surface area contributed by atoms with Crippen LogP contribution in [-0.2, 0) is 6.42 Å². The van der Waals surface area contributed by atoms with E-state index in [-0.39, 0.29) is 36.8 Å². The van der Waals surface area contributed by atoms with E-state index in [1.54, 1.807) is 10.9 Å². The number of carbonyl (C=O) groups is 1. The van der Waals surface area contributed by atoms with E-state index in [2.05, 4.69) is 46.6 Å². The summed E-state index contributed by atoms with van der Waals surface area (Å²) in [5, 5.41) is 7.88. The number of pyridine rings is 1. The number of carbonyl (C=O) groups excluding carboxylic acids is 1. The van der Waals surface area contributed by atoms with E-state index in [0.717, 1.165) is 42.3 Å². The van der Waals surface area contributed by atoms with Crippen molar-refractivity contribution >= 4 is 30.7 Å². The molecule has 31 heavy (non-hydrogen) atoms. The van der Waals surface area contributed by atoms with Gasteiger partial charge in [-0.05, 0) is 49.6 Å². The average Bonchev–Trinajstić information content (AvgIpc) is 3.11. The topological polar surface area (TPSA) is 63.1 Å². The van der Waals surface area contributed by atoms with Crippen molar-refractivity contribution < 1.29 is 4.79 Å². The molecule has 1 aliphatic heterocycles. The molecule has 0 radical (unpaired) electrons. The maximum Gasteiger partial charge on any atom is 0.256 e. The molecule has 8 heteroatoms. The Labute approximate surface area is 195 Å². The second kappa shape index (κ2) is 10.8. The minimum Gasteiger partial charge on any atom is -0.329 e. The molecule has 166 valence electrons. The molecule has 1 saturated heterocycles. The molecule has 6 nitrogen and oxygen atoms in total. The first-order chi connectivity index (χ1) is 14.1. The number of nitrogens with one attached hydrogen (secondary N) is 1. The van der Waals surface area contributed by atoms with Gasteiger partial charge in [-0.15, -0.1) is 24.8 Å². The molecule has 1 fully saturated rings. The lowest BCUT2D eigenvalue weighted by atomic mass is 10.00. The highest BCUT2D eigenvalue weighted by Crippen LogP contribution is 2.25. The van der Waals surface area contributed by atoms with Crippen molar-refractivity contribution in [2.24, 2.45) is 0 Å². The number of rotatable bonds is 4. The Bertz CT molecular complexity index is 1000. The summed E-state index contributed by atoms with van der Waals surface area (Å²) in [5.74, 6) is 0.739. The van der Waals surface area contributed by atoms with Gasteiger partial charge in [-0.2, -0.15) is 5.10 Å². The first kappa shape index (κ1) is 24.9. The van der Waals surface area contributed by atoms with Crippen LogP contribution in [0.5, 0.6) is 0 Å².